The van der Waals surface area contributed by atoms with Crippen LogP contribution < -0.4 is 5.11 Å². The molecule has 0 aliphatic rings. The fourth-order valence-corrected chi connectivity index (χ4v) is 1.10. The Labute approximate surface area is 80.1 Å². The van der Waals surface area contributed by atoms with E-state index >= 15 is 0 Å². The monoisotopic (exact) mass is 186 g/mol. The van der Waals surface area contributed by atoms with Crippen LogP contribution in [0.2, 0.25) is 0 Å². The van der Waals surface area contributed by atoms with Crippen LogP contribution in [0.4, 0.5) is 0 Å². The predicted octanol–water partition coefficient (Wildman–Crippen LogP) is -0.932. The maximum Gasteiger partial charge on any atom is 0.298 e. The summed E-state index contributed by atoms with van der Waals surface area (Å²) in [5.74, 6) is 1.07. The average Bonchev–Trinajstić information content (AvgIpc) is 1.85. The van der Waals surface area contributed by atoms with E-state index in [1.807, 2.05) is 26.0 Å². The van der Waals surface area contributed by atoms with Crippen LogP contribution in [0.1, 0.15) is 0 Å². The summed E-state index contributed by atoms with van der Waals surface area (Å²) in [6.45, 7) is 0. The molecule has 0 N–H and O–H groups in total. The van der Waals surface area contributed by atoms with Gasteiger partial charge >= 0.3 is 0 Å². The van der Waals surface area contributed by atoms with Gasteiger partial charge in [-0.1, -0.05) is 0 Å². The van der Waals surface area contributed by atoms with Crippen molar-refractivity contribution in [3.8, 4) is 6.26 Å². The lowest BCUT2D eigenvalue weighted by Gasteiger charge is -2.28. The highest BCUT2D eigenvalue weighted by Crippen LogP contribution is 1.96. The van der Waals surface area contributed by atoms with Gasteiger partial charge in [0.1, 0.15) is 0 Å². The SMILES string of the molecule is CN=C(N(C)C)[N+](C)(C)C.N#C[O-]. The van der Waals surface area contributed by atoms with Crippen molar-refractivity contribution in [1.29, 1.82) is 5.26 Å². The molecular formula is C8H18N4O. The van der Waals surface area contributed by atoms with E-state index in [-0.39, 0.29) is 0 Å². The smallest absolute Gasteiger partial charge is 0.298 e. The summed E-state index contributed by atoms with van der Waals surface area (Å²) < 4.78 is 0.767. The molecule has 0 saturated heterocycles. The number of aliphatic imine (C=N–C) groups is 1. The average molecular weight is 186 g/mol. The van der Waals surface area contributed by atoms with Crippen molar-refractivity contribution in [3.05, 3.63) is 0 Å². The maximum absolute atomic E-state index is 8.24. The molecule has 0 spiro atoms. The van der Waals surface area contributed by atoms with Gasteiger partial charge in [0.25, 0.3) is 5.96 Å². The zero-order valence-corrected chi connectivity index (χ0v) is 9.20. The Morgan fingerprint density at radius 2 is 1.69 bits per heavy atom. The number of rotatable bonds is 0. The van der Waals surface area contributed by atoms with E-state index in [9.17, 15) is 0 Å². The van der Waals surface area contributed by atoms with Gasteiger partial charge in [-0.15, -0.1) is 0 Å². The molecule has 0 amide bonds. The van der Waals surface area contributed by atoms with E-state index in [1.54, 1.807) is 0 Å². The van der Waals surface area contributed by atoms with E-state index in [0.717, 1.165) is 10.4 Å². The highest BCUT2D eigenvalue weighted by molar-refractivity contribution is 5.72. The molecule has 76 valence electrons. The lowest BCUT2D eigenvalue weighted by molar-refractivity contribution is -0.782. The molecule has 0 radical (unpaired) electrons. The quantitative estimate of drug-likeness (QED) is 0.212. The largest absolute Gasteiger partial charge is 0.812 e. The van der Waals surface area contributed by atoms with Gasteiger partial charge in [0.2, 0.25) is 0 Å². The summed E-state index contributed by atoms with van der Waals surface area (Å²) in [5, 5.41) is 15.0. The number of nitrogens with zero attached hydrogens (tertiary/aromatic N) is 4. The molecule has 0 aromatic carbocycles. The van der Waals surface area contributed by atoms with Crippen molar-refractivity contribution in [2.45, 2.75) is 0 Å². The third-order valence-corrected chi connectivity index (χ3v) is 1.20. The van der Waals surface area contributed by atoms with Crippen LogP contribution in [-0.4, -0.2) is 57.6 Å². The van der Waals surface area contributed by atoms with Crippen molar-refractivity contribution >= 4 is 5.96 Å². The van der Waals surface area contributed by atoms with E-state index in [0.29, 0.717) is 6.26 Å². The molecule has 0 atom stereocenters. The topological polar surface area (TPSA) is 62.5 Å². The highest BCUT2D eigenvalue weighted by atomic mass is 16.2. The van der Waals surface area contributed by atoms with Gasteiger partial charge in [0.15, 0.2) is 0 Å². The van der Waals surface area contributed by atoms with Gasteiger partial charge < -0.3 is 10.0 Å². The molecular weight excluding hydrogens is 168 g/mol. The van der Waals surface area contributed by atoms with E-state index in [2.05, 4.69) is 26.1 Å². The Hall–Kier alpha value is -1.28. The molecule has 13 heavy (non-hydrogen) atoms. The number of guanidine groups is 1. The minimum Gasteiger partial charge on any atom is -0.812 e. The minimum atomic E-state index is 0.500. The van der Waals surface area contributed by atoms with Crippen molar-refractivity contribution in [1.82, 2.24) is 4.90 Å². The van der Waals surface area contributed by atoms with Crippen molar-refractivity contribution in [2.24, 2.45) is 4.99 Å². The molecule has 0 aromatic heterocycles. The van der Waals surface area contributed by atoms with Crippen LogP contribution in [0.5, 0.6) is 0 Å². The first-order chi connectivity index (χ1) is 5.81. The van der Waals surface area contributed by atoms with Crippen LogP contribution in [-0.2, 0) is 0 Å². The molecule has 0 aromatic rings. The van der Waals surface area contributed by atoms with Crippen LogP contribution in [0.3, 0.4) is 0 Å². The Morgan fingerprint density at radius 1 is 1.38 bits per heavy atom. The first-order valence-corrected chi connectivity index (χ1v) is 3.78. The third-order valence-electron chi connectivity index (χ3n) is 1.20. The second-order valence-corrected chi connectivity index (χ2v) is 3.52. The van der Waals surface area contributed by atoms with Gasteiger partial charge in [-0.2, -0.15) is 0 Å². The number of hydrogen-bond acceptors (Lipinski definition) is 3. The first kappa shape index (κ1) is 14.3. The highest BCUT2D eigenvalue weighted by Gasteiger charge is 2.18. The Bertz CT molecular complexity index is 197. The Balaban J connectivity index is 0. The molecule has 0 rings (SSSR count). The summed E-state index contributed by atoms with van der Waals surface area (Å²) >= 11 is 0. The van der Waals surface area contributed by atoms with Crippen LogP contribution in [0, 0.1) is 11.5 Å². The Kier molecular flexibility index (Phi) is 6.86. The predicted molar refractivity (Wildman–Crippen MR) is 50.7 cm³/mol. The van der Waals surface area contributed by atoms with Gasteiger partial charge in [-0.25, -0.2) is 10.3 Å². The summed E-state index contributed by atoms with van der Waals surface area (Å²) in [7, 11) is 12.1. The maximum atomic E-state index is 8.24. The fraction of sp³-hybridized carbons (Fsp3) is 0.750. The molecule has 0 unspecified atom stereocenters. The summed E-state index contributed by atoms with van der Waals surface area (Å²) in [6.07, 6.45) is 0.500. The van der Waals surface area contributed by atoms with Gasteiger partial charge in [-0.3, -0.25) is 4.48 Å². The minimum absolute atomic E-state index is 0.500. The molecule has 0 aliphatic heterocycles. The zero-order valence-electron chi connectivity index (χ0n) is 9.20. The van der Waals surface area contributed by atoms with E-state index in [1.165, 1.54) is 0 Å². The van der Waals surface area contributed by atoms with Crippen molar-refractivity contribution in [3.63, 3.8) is 0 Å². The van der Waals surface area contributed by atoms with Crippen molar-refractivity contribution in [2.75, 3.05) is 42.3 Å². The standard InChI is InChI=1S/C7H18N3.CHNO/c1-8-7(9(2)3)10(4,5)6;2-1-3/h1-6H3;3H/q+1;/p-1. The lowest BCUT2D eigenvalue weighted by atomic mass is 10.6. The molecule has 0 heterocycles. The normalized spacial score (nSPS) is 11.0. The number of hydrogen-bond donors (Lipinski definition) is 0. The Morgan fingerprint density at radius 3 is 1.69 bits per heavy atom. The first-order valence-electron chi connectivity index (χ1n) is 3.78. The molecule has 0 aliphatic carbocycles. The summed E-state index contributed by atoms with van der Waals surface area (Å²) in [6, 6.07) is 0. The van der Waals surface area contributed by atoms with E-state index in [4.69, 9.17) is 10.4 Å². The van der Waals surface area contributed by atoms with Gasteiger partial charge in [0.05, 0.1) is 21.1 Å². The summed E-state index contributed by atoms with van der Waals surface area (Å²) in [4.78, 5) is 6.20. The second kappa shape index (κ2) is 6.26. The zero-order chi connectivity index (χ0) is 11.1. The fourth-order valence-electron chi connectivity index (χ4n) is 1.10. The molecule has 0 bridgehead atoms. The van der Waals surface area contributed by atoms with Crippen molar-refractivity contribution < 1.29 is 9.59 Å². The van der Waals surface area contributed by atoms with E-state index < -0.39 is 0 Å². The van der Waals surface area contributed by atoms with Gasteiger partial charge in [-0.05, 0) is 0 Å². The third kappa shape index (κ3) is 7.09. The molecule has 5 heteroatoms. The van der Waals surface area contributed by atoms with Crippen LogP contribution in [0.15, 0.2) is 4.99 Å². The second-order valence-electron chi connectivity index (χ2n) is 3.52. The van der Waals surface area contributed by atoms with Gasteiger partial charge in [0, 0.05) is 27.4 Å². The number of nitriles is 1. The summed E-state index contributed by atoms with van der Waals surface area (Å²) in [5.41, 5.74) is 0. The lowest BCUT2D eigenvalue weighted by Crippen LogP contribution is -2.48. The molecule has 0 saturated carbocycles. The van der Waals surface area contributed by atoms with Crippen LogP contribution in [0.25, 0.3) is 0 Å². The van der Waals surface area contributed by atoms with Crippen LogP contribution >= 0.6 is 0 Å². The number of quaternary nitrogens is 1. The molecule has 0 fully saturated rings. The molecule has 5 nitrogen and oxygen atoms in total.